The second kappa shape index (κ2) is 5.19. The highest BCUT2D eigenvalue weighted by atomic mass is 16.5. The Morgan fingerprint density at radius 3 is 2.89 bits per heavy atom. The Balaban J connectivity index is 2.19. The standard InChI is InChI=1S/C16H19NO2/c1-18-14-7-6-11-4-2-3-5-13(11)15(14)16-12(10-17)8-9-19-16/h2-7,12,16H,8-10,17H2,1H3. The lowest BCUT2D eigenvalue weighted by atomic mass is 9.91. The maximum absolute atomic E-state index is 5.93. The molecule has 0 radical (unpaired) electrons. The van der Waals surface area contributed by atoms with Crippen molar-refractivity contribution in [2.45, 2.75) is 12.5 Å². The van der Waals surface area contributed by atoms with E-state index >= 15 is 0 Å². The fraction of sp³-hybridized carbons (Fsp3) is 0.375. The molecule has 2 unspecified atom stereocenters. The molecule has 0 aliphatic carbocycles. The van der Waals surface area contributed by atoms with Crippen molar-refractivity contribution in [2.24, 2.45) is 11.7 Å². The second-order valence-corrected chi connectivity index (χ2v) is 4.98. The molecule has 2 aromatic carbocycles. The summed E-state index contributed by atoms with van der Waals surface area (Å²) in [4.78, 5) is 0. The van der Waals surface area contributed by atoms with Gasteiger partial charge in [0.05, 0.1) is 13.2 Å². The smallest absolute Gasteiger partial charge is 0.125 e. The van der Waals surface area contributed by atoms with E-state index in [2.05, 4.69) is 30.3 Å². The van der Waals surface area contributed by atoms with E-state index in [1.165, 1.54) is 10.8 Å². The molecule has 3 rings (SSSR count). The van der Waals surface area contributed by atoms with E-state index in [0.29, 0.717) is 12.5 Å². The summed E-state index contributed by atoms with van der Waals surface area (Å²) in [6.07, 6.45) is 1.07. The van der Waals surface area contributed by atoms with Crippen LogP contribution in [0.2, 0.25) is 0 Å². The Morgan fingerprint density at radius 2 is 2.11 bits per heavy atom. The average molecular weight is 257 g/mol. The Morgan fingerprint density at radius 1 is 1.26 bits per heavy atom. The fourth-order valence-electron chi connectivity index (χ4n) is 2.94. The summed E-state index contributed by atoms with van der Waals surface area (Å²) in [7, 11) is 1.71. The Bertz CT molecular complexity index is 582. The van der Waals surface area contributed by atoms with Crippen molar-refractivity contribution in [1.82, 2.24) is 0 Å². The molecule has 0 bridgehead atoms. The molecular formula is C16H19NO2. The minimum Gasteiger partial charge on any atom is -0.496 e. The highest BCUT2D eigenvalue weighted by Gasteiger charge is 2.31. The van der Waals surface area contributed by atoms with Crippen LogP contribution in [-0.2, 0) is 4.74 Å². The van der Waals surface area contributed by atoms with Crippen molar-refractivity contribution >= 4 is 10.8 Å². The molecule has 19 heavy (non-hydrogen) atoms. The molecule has 2 N–H and O–H groups in total. The molecule has 1 heterocycles. The Labute approximate surface area is 113 Å². The van der Waals surface area contributed by atoms with Crippen LogP contribution in [0, 0.1) is 5.92 Å². The van der Waals surface area contributed by atoms with E-state index in [1.54, 1.807) is 7.11 Å². The minimum absolute atomic E-state index is 0.0473. The van der Waals surface area contributed by atoms with Crippen LogP contribution in [0.3, 0.4) is 0 Å². The van der Waals surface area contributed by atoms with Crippen LogP contribution < -0.4 is 10.5 Å². The van der Waals surface area contributed by atoms with E-state index in [9.17, 15) is 0 Å². The van der Waals surface area contributed by atoms with Gasteiger partial charge < -0.3 is 15.2 Å². The van der Waals surface area contributed by atoms with Crippen LogP contribution in [0.4, 0.5) is 0 Å². The summed E-state index contributed by atoms with van der Waals surface area (Å²) < 4.78 is 11.5. The summed E-state index contributed by atoms with van der Waals surface area (Å²) >= 11 is 0. The SMILES string of the molecule is COc1ccc2ccccc2c1C1OCCC1CN. The molecule has 3 nitrogen and oxygen atoms in total. The van der Waals surface area contributed by atoms with Crippen molar-refractivity contribution in [3.05, 3.63) is 42.0 Å². The predicted octanol–water partition coefficient (Wildman–Crippen LogP) is 2.88. The van der Waals surface area contributed by atoms with Crippen molar-refractivity contribution in [3.8, 4) is 5.75 Å². The van der Waals surface area contributed by atoms with Crippen LogP contribution >= 0.6 is 0 Å². The molecule has 0 aromatic heterocycles. The van der Waals surface area contributed by atoms with E-state index in [-0.39, 0.29) is 6.10 Å². The number of methoxy groups -OCH3 is 1. The van der Waals surface area contributed by atoms with Crippen molar-refractivity contribution in [2.75, 3.05) is 20.3 Å². The topological polar surface area (TPSA) is 44.5 Å². The van der Waals surface area contributed by atoms with Gasteiger partial charge >= 0.3 is 0 Å². The number of ether oxygens (including phenoxy) is 2. The van der Waals surface area contributed by atoms with E-state index in [1.807, 2.05) is 6.07 Å². The molecule has 0 amide bonds. The molecule has 1 saturated heterocycles. The third-order valence-corrected chi connectivity index (χ3v) is 3.95. The highest BCUT2D eigenvalue weighted by Crippen LogP contribution is 2.42. The highest BCUT2D eigenvalue weighted by molar-refractivity contribution is 5.88. The lowest BCUT2D eigenvalue weighted by molar-refractivity contribution is 0.0914. The van der Waals surface area contributed by atoms with Gasteiger partial charge in [-0.15, -0.1) is 0 Å². The van der Waals surface area contributed by atoms with Gasteiger partial charge in [-0.25, -0.2) is 0 Å². The fourth-order valence-corrected chi connectivity index (χ4v) is 2.94. The third-order valence-electron chi connectivity index (χ3n) is 3.95. The first-order valence-electron chi connectivity index (χ1n) is 6.72. The van der Waals surface area contributed by atoms with E-state index in [0.717, 1.165) is 24.3 Å². The van der Waals surface area contributed by atoms with Crippen LogP contribution in [0.15, 0.2) is 36.4 Å². The van der Waals surface area contributed by atoms with E-state index in [4.69, 9.17) is 15.2 Å². The number of nitrogens with two attached hydrogens (primary N) is 1. The Kier molecular flexibility index (Phi) is 3.40. The first-order chi connectivity index (χ1) is 9.35. The van der Waals surface area contributed by atoms with Gasteiger partial charge in [0.2, 0.25) is 0 Å². The van der Waals surface area contributed by atoms with Gasteiger partial charge in [0, 0.05) is 18.1 Å². The molecule has 1 fully saturated rings. The largest absolute Gasteiger partial charge is 0.496 e. The molecule has 0 saturated carbocycles. The lowest BCUT2D eigenvalue weighted by Gasteiger charge is -2.21. The van der Waals surface area contributed by atoms with Gasteiger partial charge in [0.1, 0.15) is 5.75 Å². The van der Waals surface area contributed by atoms with Gasteiger partial charge in [0.25, 0.3) is 0 Å². The van der Waals surface area contributed by atoms with Gasteiger partial charge in [-0.3, -0.25) is 0 Å². The molecule has 3 heteroatoms. The molecule has 2 aromatic rings. The summed E-state index contributed by atoms with van der Waals surface area (Å²) in [5.74, 6) is 1.27. The second-order valence-electron chi connectivity index (χ2n) is 4.98. The molecule has 0 spiro atoms. The number of hydrogen-bond acceptors (Lipinski definition) is 3. The first kappa shape index (κ1) is 12.5. The number of fused-ring (bicyclic) bond motifs is 1. The molecule has 1 aliphatic heterocycles. The third kappa shape index (κ3) is 2.09. The van der Waals surface area contributed by atoms with Crippen LogP contribution in [0.1, 0.15) is 18.1 Å². The van der Waals surface area contributed by atoms with Crippen molar-refractivity contribution < 1.29 is 9.47 Å². The van der Waals surface area contributed by atoms with Gasteiger partial charge in [-0.1, -0.05) is 30.3 Å². The maximum atomic E-state index is 5.93. The molecular weight excluding hydrogens is 238 g/mol. The summed E-state index contributed by atoms with van der Waals surface area (Å²) in [6, 6.07) is 12.5. The van der Waals surface area contributed by atoms with Crippen LogP contribution in [0.25, 0.3) is 10.8 Å². The summed E-state index contributed by atoms with van der Waals surface area (Å²) in [5, 5.41) is 2.41. The molecule has 100 valence electrons. The lowest BCUT2D eigenvalue weighted by Crippen LogP contribution is -2.18. The number of benzene rings is 2. The first-order valence-corrected chi connectivity index (χ1v) is 6.72. The monoisotopic (exact) mass is 257 g/mol. The Hall–Kier alpha value is -1.58. The number of hydrogen-bond donors (Lipinski definition) is 1. The summed E-state index contributed by atoms with van der Waals surface area (Å²) in [6.45, 7) is 1.43. The zero-order valence-electron chi connectivity index (χ0n) is 11.1. The zero-order valence-corrected chi connectivity index (χ0v) is 11.1. The minimum atomic E-state index is 0.0473. The quantitative estimate of drug-likeness (QED) is 0.919. The van der Waals surface area contributed by atoms with Crippen LogP contribution in [0.5, 0.6) is 5.75 Å². The number of rotatable bonds is 3. The zero-order chi connectivity index (χ0) is 13.2. The van der Waals surface area contributed by atoms with Gasteiger partial charge in [0.15, 0.2) is 0 Å². The van der Waals surface area contributed by atoms with Gasteiger partial charge in [-0.05, 0) is 29.8 Å². The molecule has 1 aliphatic rings. The van der Waals surface area contributed by atoms with Gasteiger partial charge in [-0.2, -0.15) is 0 Å². The van der Waals surface area contributed by atoms with Crippen molar-refractivity contribution in [1.29, 1.82) is 0 Å². The predicted molar refractivity (Wildman–Crippen MR) is 76.4 cm³/mol. The maximum Gasteiger partial charge on any atom is 0.125 e. The van der Waals surface area contributed by atoms with Crippen molar-refractivity contribution in [3.63, 3.8) is 0 Å². The average Bonchev–Trinajstić information content (AvgIpc) is 2.94. The summed E-state index contributed by atoms with van der Waals surface area (Å²) in [5.41, 5.74) is 7.02. The van der Waals surface area contributed by atoms with Crippen LogP contribution in [-0.4, -0.2) is 20.3 Å². The normalized spacial score (nSPS) is 22.8. The van der Waals surface area contributed by atoms with E-state index < -0.39 is 0 Å². The molecule has 2 atom stereocenters.